The van der Waals surface area contributed by atoms with E-state index in [1.165, 1.54) is 0 Å². The van der Waals surface area contributed by atoms with Crippen LogP contribution in [0, 0.1) is 0 Å². The Morgan fingerprint density at radius 3 is 2.56 bits per heavy atom. The van der Waals surface area contributed by atoms with E-state index in [1.54, 1.807) is 20.2 Å². The first kappa shape index (κ1) is 12.5. The molecule has 1 rings (SSSR count). The average molecular weight is 225 g/mol. The molecule has 0 aromatic carbocycles. The van der Waals surface area contributed by atoms with Crippen LogP contribution in [0.15, 0.2) is 6.07 Å². The van der Waals surface area contributed by atoms with Crippen LogP contribution >= 0.6 is 0 Å². The van der Waals surface area contributed by atoms with Crippen molar-refractivity contribution in [3.8, 4) is 0 Å². The highest BCUT2D eigenvalue weighted by molar-refractivity contribution is 5.51. The minimum absolute atomic E-state index is 0.208. The van der Waals surface area contributed by atoms with Gasteiger partial charge in [0.2, 0.25) is 5.95 Å². The SMILES string of the molecule is CNc1cc(NC(C)(C)COC)nc(N)n1. The Morgan fingerprint density at radius 1 is 1.38 bits per heavy atom. The largest absolute Gasteiger partial charge is 0.382 e. The number of nitrogens with two attached hydrogens (primary N) is 1. The van der Waals surface area contributed by atoms with E-state index in [2.05, 4.69) is 20.6 Å². The van der Waals surface area contributed by atoms with Gasteiger partial charge in [-0.25, -0.2) is 0 Å². The number of hydrogen-bond acceptors (Lipinski definition) is 6. The van der Waals surface area contributed by atoms with Crippen molar-refractivity contribution in [3.63, 3.8) is 0 Å². The quantitative estimate of drug-likeness (QED) is 0.691. The van der Waals surface area contributed by atoms with Crippen LogP contribution in [0.5, 0.6) is 0 Å². The van der Waals surface area contributed by atoms with E-state index in [1.807, 2.05) is 13.8 Å². The third-order valence-electron chi connectivity index (χ3n) is 1.97. The normalized spacial score (nSPS) is 11.2. The van der Waals surface area contributed by atoms with Crippen LogP contribution in [0.25, 0.3) is 0 Å². The summed E-state index contributed by atoms with van der Waals surface area (Å²) in [6.07, 6.45) is 0. The number of rotatable bonds is 5. The number of ether oxygens (including phenoxy) is 1. The van der Waals surface area contributed by atoms with E-state index in [-0.39, 0.29) is 11.5 Å². The van der Waals surface area contributed by atoms with Crippen LogP contribution in [0.2, 0.25) is 0 Å². The van der Waals surface area contributed by atoms with Gasteiger partial charge in [0.15, 0.2) is 0 Å². The molecule has 0 atom stereocenters. The second kappa shape index (κ2) is 4.98. The zero-order valence-electron chi connectivity index (χ0n) is 10.2. The third-order valence-corrected chi connectivity index (χ3v) is 1.97. The number of nitrogen functional groups attached to an aromatic ring is 1. The molecular weight excluding hydrogens is 206 g/mol. The number of aromatic nitrogens is 2. The second-order valence-electron chi connectivity index (χ2n) is 4.19. The molecule has 6 heteroatoms. The zero-order chi connectivity index (χ0) is 12.2. The molecule has 0 aliphatic rings. The molecular formula is C10H19N5O. The maximum absolute atomic E-state index is 5.59. The fourth-order valence-electron chi connectivity index (χ4n) is 1.40. The van der Waals surface area contributed by atoms with Gasteiger partial charge in [-0.05, 0) is 13.8 Å². The Balaban J connectivity index is 2.84. The average Bonchev–Trinajstić information content (AvgIpc) is 2.15. The molecule has 1 aromatic rings. The van der Waals surface area contributed by atoms with Gasteiger partial charge in [0, 0.05) is 20.2 Å². The Morgan fingerprint density at radius 2 is 2.00 bits per heavy atom. The van der Waals surface area contributed by atoms with Gasteiger partial charge < -0.3 is 21.1 Å². The van der Waals surface area contributed by atoms with Crippen molar-refractivity contribution in [2.24, 2.45) is 0 Å². The highest BCUT2D eigenvalue weighted by atomic mass is 16.5. The minimum atomic E-state index is -0.208. The zero-order valence-corrected chi connectivity index (χ0v) is 10.2. The van der Waals surface area contributed by atoms with Crippen LogP contribution < -0.4 is 16.4 Å². The first-order valence-corrected chi connectivity index (χ1v) is 5.06. The summed E-state index contributed by atoms with van der Waals surface area (Å²) >= 11 is 0. The van der Waals surface area contributed by atoms with E-state index in [0.29, 0.717) is 18.2 Å². The molecule has 1 aromatic heterocycles. The molecule has 4 N–H and O–H groups in total. The summed E-state index contributed by atoms with van der Waals surface area (Å²) in [5, 5.41) is 6.16. The summed E-state index contributed by atoms with van der Waals surface area (Å²) in [6.45, 7) is 4.62. The number of nitrogens with zero attached hydrogens (tertiary/aromatic N) is 2. The number of anilines is 3. The lowest BCUT2D eigenvalue weighted by molar-refractivity contribution is 0.158. The Kier molecular flexibility index (Phi) is 3.89. The summed E-state index contributed by atoms with van der Waals surface area (Å²) in [7, 11) is 3.45. The van der Waals surface area contributed by atoms with Gasteiger partial charge in [-0.3, -0.25) is 0 Å². The van der Waals surface area contributed by atoms with E-state index in [9.17, 15) is 0 Å². The van der Waals surface area contributed by atoms with Gasteiger partial charge in [-0.15, -0.1) is 0 Å². The van der Waals surface area contributed by atoms with Crippen LogP contribution in [-0.4, -0.2) is 36.3 Å². The summed E-state index contributed by atoms with van der Waals surface area (Å²) in [5.74, 6) is 1.60. The van der Waals surface area contributed by atoms with Gasteiger partial charge in [-0.2, -0.15) is 9.97 Å². The number of nitrogens with one attached hydrogen (secondary N) is 2. The van der Waals surface area contributed by atoms with E-state index >= 15 is 0 Å². The van der Waals surface area contributed by atoms with Gasteiger partial charge in [-0.1, -0.05) is 0 Å². The van der Waals surface area contributed by atoms with Crippen LogP contribution in [0.4, 0.5) is 17.6 Å². The fourth-order valence-corrected chi connectivity index (χ4v) is 1.40. The van der Waals surface area contributed by atoms with Crippen LogP contribution in [0.1, 0.15) is 13.8 Å². The topological polar surface area (TPSA) is 85.1 Å². The van der Waals surface area contributed by atoms with Gasteiger partial charge >= 0.3 is 0 Å². The smallest absolute Gasteiger partial charge is 0.223 e. The molecule has 0 bridgehead atoms. The lowest BCUT2D eigenvalue weighted by Crippen LogP contribution is -2.36. The molecule has 0 spiro atoms. The predicted octanol–water partition coefficient (Wildman–Crippen LogP) is 0.937. The van der Waals surface area contributed by atoms with Gasteiger partial charge in [0.1, 0.15) is 11.6 Å². The molecule has 6 nitrogen and oxygen atoms in total. The molecule has 0 aliphatic heterocycles. The molecule has 0 unspecified atom stereocenters. The standard InChI is InChI=1S/C10H19N5O/c1-10(2,6-16-4)15-8-5-7(12-3)13-9(11)14-8/h5H,6H2,1-4H3,(H4,11,12,13,14,15). The maximum atomic E-state index is 5.59. The fraction of sp³-hybridized carbons (Fsp3) is 0.600. The second-order valence-corrected chi connectivity index (χ2v) is 4.19. The molecule has 0 saturated heterocycles. The van der Waals surface area contributed by atoms with Gasteiger partial charge in [0.05, 0.1) is 12.1 Å². The molecule has 0 radical (unpaired) electrons. The van der Waals surface area contributed by atoms with Crippen LogP contribution in [-0.2, 0) is 4.74 Å². The molecule has 16 heavy (non-hydrogen) atoms. The Labute approximate surface area is 95.6 Å². The number of hydrogen-bond donors (Lipinski definition) is 3. The lowest BCUT2D eigenvalue weighted by atomic mass is 10.1. The third kappa shape index (κ3) is 3.54. The van der Waals surface area contributed by atoms with Crippen molar-refractivity contribution in [2.45, 2.75) is 19.4 Å². The lowest BCUT2D eigenvalue weighted by Gasteiger charge is -2.26. The molecule has 0 saturated carbocycles. The van der Waals surface area contributed by atoms with Crippen molar-refractivity contribution >= 4 is 17.6 Å². The Hall–Kier alpha value is -1.56. The molecule has 0 aliphatic carbocycles. The van der Waals surface area contributed by atoms with Crippen molar-refractivity contribution in [2.75, 3.05) is 37.1 Å². The van der Waals surface area contributed by atoms with Gasteiger partial charge in [0.25, 0.3) is 0 Å². The van der Waals surface area contributed by atoms with Crippen LogP contribution in [0.3, 0.4) is 0 Å². The van der Waals surface area contributed by atoms with E-state index in [0.717, 1.165) is 0 Å². The number of methoxy groups -OCH3 is 1. The summed E-state index contributed by atoms with van der Waals surface area (Å²) in [6, 6.07) is 1.80. The predicted molar refractivity (Wildman–Crippen MR) is 65.6 cm³/mol. The van der Waals surface area contributed by atoms with E-state index < -0.39 is 0 Å². The first-order chi connectivity index (χ1) is 7.46. The molecule has 0 fully saturated rings. The maximum Gasteiger partial charge on any atom is 0.223 e. The molecule has 1 heterocycles. The van der Waals surface area contributed by atoms with Crippen molar-refractivity contribution < 1.29 is 4.74 Å². The Bertz CT molecular complexity index is 353. The van der Waals surface area contributed by atoms with Crippen molar-refractivity contribution in [3.05, 3.63) is 6.07 Å². The molecule has 0 amide bonds. The summed E-state index contributed by atoms with van der Waals surface area (Å²) < 4.78 is 5.11. The minimum Gasteiger partial charge on any atom is -0.382 e. The highest BCUT2D eigenvalue weighted by Gasteiger charge is 2.18. The monoisotopic (exact) mass is 225 g/mol. The van der Waals surface area contributed by atoms with Crippen molar-refractivity contribution in [1.82, 2.24) is 9.97 Å². The first-order valence-electron chi connectivity index (χ1n) is 5.06. The summed E-state index contributed by atoms with van der Waals surface area (Å²) in [5.41, 5.74) is 5.39. The van der Waals surface area contributed by atoms with Crippen molar-refractivity contribution in [1.29, 1.82) is 0 Å². The highest BCUT2D eigenvalue weighted by Crippen LogP contribution is 2.17. The van der Waals surface area contributed by atoms with E-state index in [4.69, 9.17) is 10.5 Å². The molecule has 90 valence electrons. The summed E-state index contributed by atoms with van der Waals surface area (Å²) in [4.78, 5) is 8.12.